The van der Waals surface area contributed by atoms with Gasteiger partial charge < -0.3 is 14.7 Å². The van der Waals surface area contributed by atoms with Crippen LogP contribution >= 0.6 is 0 Å². The molecule has 0 aromatic rings. The predicted molar refractivity (Wildman–Crippen MR) is 160 cm³/mol. The molecule has 40 heavy (non-hydrogen) atoms. The summed E-state index contributed by atoms with van der Waals surface area (Å²) >= 11 is 0. The highest BCUT2D eigenvalue weighted by Crippen LogP contribution is 2.18. The maximum Gasteiger partial charge on any atom is 0.321 e. The van der Waals surface area contributed by atoms with E-state index in [-0.39, 0.29) is 12.2 Å². The number of nitrogens with zero attached hydrogens (tertiary/aromatic N) is 8. The fourth-order valence-electron chi connectivity index (χ4n) is 6.98. The van der Waals surface area contributed by atoms with E-state index in [1.807, 2.05) is 21.7 Å². The number of likely N-dealkylation sites (tertiary alicyclic amines) is 4. The summed E-state index contributed by atoms with van der Waals surface area (Å²) in [5, 5.41) is 0. The van der Waals surface area contributed by atoms with Crippen LogP contribution in [0.2, 0.25) is 0 Å². The Kier molecular flexibility index (Phi) is 13.3. The number of urea groups is 1. The maximum absolute atomic E-state index is 14.1. The summed E-state index contributed by atoms with van der Waals surface area (Å²) < 4.78 is 0. The standard InChI is InChI=1S/C30H58N8O2/c1-31(24-33-15-7-3-8-16-33)29(38(28-39)27-36-21-13-6-14-22-36)23-37(26-35-19-11-5-12-20-35)30(40)32(2)25-34-17-9-4-10-18-34/h28-29H,3-27H2,1-2H3. The number of amides is 3. The van der Waals surface area contributed by atoms with E-state index in [0.29, 0.717) is 26.6 Å². The molecule has 0 spiro atoms. The summed E-state index contributed by atoms with van der Waals surface area (Å²) in [4.78, 5) is 44.8. The van der Waals surface area contributed by atoms with Crippen molar-refractivity contribution >= 4 is 12.4 Å². The molecule has 1 unspecified atom stereocenters. The lowest BCUT2D eigenvalue weighted by molar-refractivity contribution is -0.129. The van der Waals surface area contributed by atoms with Crippen molar-refractivity contribution < 1.29 is 9.59 Å². The first-order chi connectivity index (χ1) is 19.5. The third-order valence-corrected chi connectivity index (χ3v) is 9.37. The highest BCUT2D eigenvalue weighted by atomic mass is 16.2. The molecule has 4 aliphatic rings. The van der Waals surface area contributed by atoms with Crippen LogP contribution in [0.4, 0.5) is 4.79 Å². The van der Waals surface area contributed by atoms with Gasteiger partial charge in [0.15, 0.2) is 0 Å². The minimum absolute atomic E-state index is 0.0799. The van der Waals surface area contributed by atoms with Gasteiger partial charge >= 0.3 is 6.03 Å². The van der Waals surface area contributed by atoms with E-state index in [1.165, 1.54) is 77.0 Å². The molecule has 4 aliphatic heterocycles. The van der Waals surface area contributed by atoms with Crippen LogP contribution in [0.15, 0.2) is 0 Å². The second-order valence-corrected chi connectivity index (χ2v) is 12.8. The highest BCUT2D eigenvalue weighted by molar-refractivity contribution is 5.74. The number of carbonyl (C=O) groups excluding carboxylic acids is 2. The van der Waals surface area contributed by atoms with Gasteiger partial charge in [-0.05, 0) is 111 Å². The number of hydrogen-bond donors (Lipinski definition) is 0. The summed E-state index contributed by atoms with van der Waals surface area (Å²) in [5.41, 5.74) is 0. The van der Waals surface area contributed by atoms with Crippen LogP contribution in [-0.4, -0.2) is 157 Å². The summed E-state index contributed by atoms with van der Waals surface area (Å²) in [6.07, 6.45) is 15.7. The number of rotatable bonds is 13. The number of likely N-dealkylation sites (N-methyl/N-ethyl adjacent to an activating group) is 1. The lowest BCUT2D eigenvalue weighted by Crippen LogP contribution is -2.60. The van der Waals surface area contributed by atoms with Gasteiger partial charge in [-0.2, -0.15) is 0 Å². The summed E-state index contributed by atoms with van der Waals surface area (Å²) in [5.74, 6) is 0. The molecule has 4 saturated heterocycles. The first-order valence-electron chi connectivity index (χ1n) is 16.3. The SMILES string of the molecule is CN(CN1CCCCC1)C(=O)N(CC(N(C)CN1CCCCC1)N(C=O)CN1CCCCC1)CN1CCCCC1. The minimum atomic E-state index is -0.168. The van der Waals surface area contributed by atoms with Crippen molar-refractivity contribution in [3.05, 3.63) is 0 Å². The fraction of sp³-hybridized carbons (Fsp3) is 0.933. The van der Waals surface area contributed by atoms with Gasteiger partial charge in [0.25, 0.3) is 0 Å². The highest BCUT2D eigenvalue weighted by Gasteiger charge is 2.32. The van der Waals surface area contributed by atoms with Gasteiger partial charge in [-0.1, -0.05) is 25.7 Å². The van der Waals surface area contributed by atoms with Gasteiger partial charge in [0, 0.05) is 7.05 Å². The average Bonchev–Trinajstić information content (AvgIpc) is 3.00. The van der Waals surface area contributed by atoms with Gasteiger partial charge in [0.1, 0.15) is 6.17 Å². The van der Waals surface area contributed by atoms with Crippen LogP contribution < -0.4 is 0 Å². The first-order valence-corrected chi connectivity index (χ1v) is 16.3. The number of hydrogen-bond acceptors (Lipinski definition) is 7. The molecular formula is C30H58N8O2. The Morgan fingerprint density at radius 2 is 1.00 bits per heavy atom. The Morgan fingerprint density at radius 3 is 1.45 bits per heavy atom. The van der Waals surface area contributed by atoms with E-state index < -0.39 is 0 Å². The van der Waals surface area contributed by atoms with Gasteiger partial charge in [-0.15, -0.1) is 0 Å². The summed E-state index contributed by atoms with van der Waals surface area (Å²) in [6.45, 7) is 11.8. The molecule has 0 radical (unpaired) electrons. The van der Waals surface area contributed by atoms with Crippen LogP contribution in [0, 0.1) is 0 Å². The number of piperidine rings is 4. The molecule has 0 bridgehead atoms. The van der Waals surface area contributed by atoms with Gasteiger partial charge in [-0.25, -0.2) is 4.79 Å². The second kappa shape index (κ2) is 16.9. The topological polar surface area (TPSA) is 60.1 Å². The molecule has 3 amide bonds. The lowest BCUT2D eigenvalue weighted by Gasteiger charge is -2.44. The van der Waals surface area contributed by atoms with Gasteiger partial charge in [0.2, 0.25) is 6.41 Å². The molecular weight excluding hydrogens is 504 g/mol. The lowest BCUT2D eigenvalue weighted by atomic mass is 10.1. The quantitative estimate of drug-likeness (QED) is 0.253. The fourth-order valence-corrected chi connectivity index (χ4v) is 6.98. The zero-order valence-corrected chi connectivity index (χ0v) is 25.7. The van der Waals surface area contributed by atoms with Crippen molar-refractivity contribution in [1.29, 1.82) is 0 Å². The molecule has 230 valence electrons. The Labute approximate surface area is 244 Å². The molecule has 1 atom stereocenters. The Balaban J connectivity index is 1.50. The molecule has 0 N–H and O–H groups in total. The normalized spacial score (nSPS) is 23.2. The van der Waals surface area contributed by atoms with Crippen LogP contribution in [0.1, 0.15) is 77.0 Å². The van der Waals surface area contributed by atoms with Gasteiger partial charge in [-0.3, -0.25) is 29.3 Å². The zero-order valence-electron chi connectivity index (χ0n) is 25.7. The Morgan fingerprint density at radius 1 is 0.600 bits per heavy atom. The molecule has 4 fully saturated rings. The van der Waals surface area contributed by atoms with E-state index in [2.05, 4.69) is 31.5 Å². The zero-order chi connectivity index (χ0) is 28.2. The predicted octanol–water partition coefficient (Wildman–Crippen LogP) is 2.83. The van der Waals surface area contributed by atoms with E-state index >= 15 is 0 Å². The van der Waals surface area contributed by atoms with Crippen LogP contribution in [0.5, 0.6) is 0 Å². The van der Waals surface area contributed by atoms with Crippen LogP contribution in [0.3, 0.4) is 0 Å². The summed E-state index contributed by atoms with van der Waals surface area (Å²) in [7, 11) is 4.10. The second-order valence-electron chi connectivity index (χ2n) is 12.8. The van der Waals surface area contributed by atoms with Crippen molar-refractivity contribution in [2.75, 3.05) is 99.7 Å². The third kappa shape index (κ3) is 9.82. The molecule has 10 nitrogen and oxygen atoms in total. The molecule has 4 heterocycles. The maximum atomic E-state index is 14.1. The average molecular weight is 563 g/mol. The van der Waals surface area contributed by atoms with Crippen molar-refractivity contribution in [2.45, 2.75) is 83.2 Å². The van der Waals surface area contributed by atoms with E-state index in [0.717, 1.165) is 65.4 Å². The van der Waals surface area contributed by atoms with Crippen LogP contribution in [0.25, 0.3) is 0 Å². The minimum Gasteiger partial charge on any atom is -0.315 e. The monoisotopic (exact) mass is 562 g/mol. The van der Waals surface area contributed by atoms with E-state index in [9.17, 15) is 9.59 Å². The molecule has 0 aromatic carbocycles. The van der Waals surface area contributed by atoms with E-state index in [4.69, 9.17) is 0 Å². The molecule has 0 saturated carbocycles. The largest absolute Gasteiger partial charge is 0.321 e. The molecule has 4 rings (SSSR count). The Bertz CT molecular complexity index is 733. The first kappa shape index (κ1) is 31.5. The van der Waals surface area contributed by atoms with Crippen molar-refractivity contribution in [3.8, 4) is 0 Å². The van der Waals surface area contributed by atoms with Gasteiger partial charge in [0.05, 0.1) is 33.2 Å². The summed E-state index contributed by atoms with van der Waals surface area (Å²) in [6, 6.07) is 0.0799. The van der Waals surface area contributed by atoms with Crippen molar-refractivity contribution in [2.24, 2.45) is 0 Å². The smallest absolute Gasteiger partial charge is 0.315 e. The third-order valence-electron chi connectivity index (χ3n) is 9.37. The number of carbonyl (C=O) groups is 2. The van der Waals surface area contributed by atoms with Crippen molar-refractivity contribution in [3.63, 3.8) is 0 Å². The molecule has 0 aliphatic carbocycles. The Hall–Kier alpha value is -1.46. The molecule has 10 heteroatoms. The van der Waals surface area contributed by atoms with Crippen LogP contribution in [-0.2, 0) is 4.79 Å². The van der Waals surface area contributed by atoms with Crippen molar-refractivity contribution in [1.82, 2.24) is 39.2 Å². The van der Waals surface area contributed by atoms with E-state index in [1.54, 1.807) is 0 Å². The molecule has 0 aromatic heterocycles.